The molecule has 25 heavy (non-hydrogen) atoms. The van der Waals surface area contributed by atoms with Crippen LogP contribution in [0.4, 0.5) is 0 Å². The molecule has 1 fully saturated rings. The van der Waals surface area contributed by atoms with E-state index in [1.165, 1.54) is 9.87 Å². The van der Waals surface area contributed by atoms with E-state index in [0.717, 1.165) is 12.0 Å². The second-order valence-electron chi connectivity index (χ2n) is 6.48. The van der Waals surface area contributed by atoms with Crippen LogP contribution >= 0.6 is 0 Å². The fourth-order valence-corrected chi connectivity index (χ4v) is 4.34. The largest absolute Gasteiger partial charge is 0.484 e. The Labute approximate surface area is 150 Å². The van der Waals surface area contributed by atoms with Gasteiger partial charge in [-0.3, -0.25) is 4.79 Å². The van der Waals surface area contributed by atoms with Crippen molar-refractivity contribution < 1.29 is 17.9 Å². The van der Waals surface area contributed by atoms with E-state index in [1.807, 2.05) is 39.0 Å². The molecule has 140 valence electrons. The molecule has 1 amide bonds. The standard InChI is InChI=1S/C18H28N2O4S/c1-4-5-12-25(22,23)20-10-8-19(9-11-20)18(21)14-24-17-7-6-15(2)16(3)13-17/h6-7,13H,4-5,8-12,14H2,1-3H3. The van der Waals surface area contributed by atoms with Crippen LogP contribution in [-0.4, -0.2) is 62.1 Å². The van der Waals surface area contributed by atoms with Crippen LogP contribution < -0.4 is 4.74 Å². The van der Waals surface area contributed by atoms with Crippen LogP contribution in [0.3, 0.4) is 0 Å². The molecule has 1 aromatic carbocycles. The van der Waals surface area contributed by atoms with E-state index in [9.17, 15) is 13.2 Å². The van der Waals surface area contributed by atoms with Crippen molar-refractivity contribution in [1.29, 1.82) is 0 Å². The highest BCUT2D eigenvalue weighted by molar-refractivity contribution is 7.89. The number of ether oxygens (including phenoxy) is 1. The third kappa shape index (κ3) is 5.44. The predicted octanol–water partition coefficient (Wildman–Crippen LogP) is 1.96. The zero-order chi connectivity index (χ0) is 18.4. The Morgan fingerprint density at radius 2 is 1.80 bits per heavy atom. The summed E-state index contributed by atoms with van der Waals surface area (Å²) in [7, 11) is -3.19. The summed E-state index contributed by atoms with van der Waals surface area (Å²) >= 11 is 0. The van der Waals surface area contributed by atoms with Gasteiger partial charge in [0.15, 0.2) is 6.61 Å². The number of aryl methyl sites for hydroxylation is 2. The molecule has 0 aliphatic carbocycles. The Hall–Kier alpha value is -1.60. The summed E-state index contributed by atoms with van der Waals surface area (Å²) < 4.78 is 31.5. The average molecular weight is 368 g/mol. The number of hydrogen-bond acceptors (Lipinski definition) is 4. The fourth-order valence-electron chi connectivity index (χ4n) is 2.71. The number of nitrogens with zero attached hydrogens (tertiary/aromatic N) is 2. The summed E-state index contributed by atoms with van der Waals surface area (Å²) in [5.74, 6) is 0.758. The Morgan fingerprint density at radius 3 is 2.40 bits per heavy atom. The lowest BCUT2D eigenvalue weighted by atomic mass is 10.1. The van der Waals surface area contributed by atoms with Crippen LogP contribution in [-0.2, 0) is 14.8 Å². The van der Waals surface area contributed by atoms with Crippen LogP contribution in [0.2, 0.25) is 0 Å². The first-order valence-electron chi connectivity index (χ1n) is 8.79. The highest BCUT2D eigenvalue weighted by atomic mass is 32.2. The predicted molar refractivity (Wildman–Crippen MR) is 98.3 cm³/mol. The maximum atomic E-state index is 12.3. The van der Waals surface area contributed by atoms with Gasteiger partial charge in [-0.2, -0.15) is 4.31 Å². The lowest BCUT2D eigenvalue weighted by Gasteiger charge is -2.34. The molecule has 2 rings (SSSR count). The van der Waals surface area contributed by atoms with Crippen molar-refractivity contribution in [3.8, 4) is 5.75 Å². The number of carbonyl (C=O) groups is 1. The van der Waals surface area contributed by atoms with Crippen LogP contribution in [0.15, 0.2) is 18.2 Å². The second kappa shape index (κ2) is 8.67. The molecule has 1 aromatic rings. The number of carbonyl (C=O) groups excluding carboxylic acids is 1. The molecule has 0 bridgehead atoms. The molecule has 7 heteroatoms. The normalized spacial score (nSPS) is 16.0. The zero-order valence-electron chi connectivity index (χ0n) is 15.3. The van der Waals surface area contributed by atoms with Crippen molar-refractivity contribution in [2.75, 3.05) is 38.5 Å². The molecular formula is C18H28N2O4S. The highest BCUT2D eigenvalue weighted by Crippen LogP contribution is 2.17. The highest BCUT2D eigenvalue weighted by Gasteiger charge is 2.28. The lowest BCUT2D eigenvalue weighted by Crippen LogP contribution is -2.52. The van der Waals surface area contributed by atoms with Gasteiger partial charge in [-0.1, -0.05) is 19.4 Å². The molecule has 0 spiro atoms. The van der Waals surface area contributed by atoms with Crippen molar-refractivity contribution in [2.45, 2.75) is 33.6 Å². The molecule has 6 nitrogen and oxygen atoms in total. The topological polar surface area (TPSA) is 66.9 Å². The summed E-state index contributed by atoms with van der Waals surface area (Å²) in [6.45, 7) is 7.54. The molecule has 0 aromatic heterocycles. The van der Waals surface area contributed by atoms with Crippen LogP contribution in [0.5, 0.6) is 5.75 Å². The molecule has 1 saturated heterocycles. The number of benzene rings is 1. The first-order chi connectivity index (χ1) is 11.8. The van der Waals surface area contributed by atoms with Gasteiger partial charge in [0, 0.05) is 26.2 Å². The van der Waals surface area contributed by atoms with Crippen molar-refractivity contribution in [3.05, 3.63) is 29.3 Å². The number of amides is 1. The third-order valence-corrected chi connectivity index (χ3v) is 6.54. The van der Waals surface area contributed by atoms with E-state index >= 15 is 0 Å². The van der Waals surface area contributed by atoms with Gasteiger partial charge in [-0.05, 0) is 43.5 Å². The summed E-state index contributed by atoms with van der Waals surface area (Å²) in [4.78, 5) is 14.0. The van der Waals surface area contributed by atoms with Crippen molar-refractivity contribution in [2.24, 2.45) is 0 Å². The van der Waals surface area contributed by atoms with Gasteiger partial charge in [0.2, 0.25) is 10.0 Å². The Kier molecular flexibility index (Phi) is 6.84. The molecule has 0 unspecified atom stereocenters. The first kappa shape index (κ1) is 19.7. The molecular weight excluding hydrogens is 340 g/mol. The fraction of sp³-hybridized carbons (Fsp3) is 0.611. The van der Waals surface area contributed by atoms with Gasteiger partial charge in [-0.15, -0.1) is 0 Å². The van der Waals surface area contributed by atoms with E-state index in [4.69, 9.17) is 4.74 Å². The Balaban J connectivity index is 1.82. The molecule has 1 aliphatic rings. The molecule has 1 aliphatic heterocycles. The molecule has 0 N–H and O–H groups in total. The van der Waals surface area contributed by atoms with Gasteiger partial charge < -0.3 is 9.64 Å². The SMILES string of the molecule is CCCCS(=O)(=O)N1CCN(C(=O)COc2ccc(C)c(C)c2)CC1. The van der Waals surface area contributed by atoms with Gasteiger partial charge >= 0.3 is 0 Å². The Bertz CT molecular complexity index is 695. The minimum absolute atomic E-state index is 0.0227. The smallest absolute Gasteiger partial charge is 0.260 e. The zero-order valence-corrected chi connectivity index (χ0v) is 16.1. The van der Waals surface area contributed by atoms with Gasteiger partial charge in [0.1, 0.15) is 5.75 Å². The van der Waals surface area contributed by atoms with Crippen molar-refractivity contribution in [1.82, 2.24) is 9.21 Å². The number of piperazine rings is 1. The second-order valence-corrected chi connectivity index (χ2v) is 8.57. The minimum Gasteiger partial charge on any atom is -0.484 e. The average Bonchev–Trinajstić information content (AvgIpc) is 2.61. The van der Waals surface area contributed by atoms with Gasteiger partial charge in [0.25, 0.3) is 5.91 Å². The Morgan fingerprint density at radius 1 is 1.12 bits per heavy atom. The minimum atomic E-state index is -3.19. The summed E-state index contributed by atoms with van der Waals surface area (Å²) in [6, 6.07) is 5.74. The summed E-state index contributed by atoms with van der Waals surface area (Å²) in [5, 5.41) is 0. The van der Waals surface area contributed by atoms with Crippen molar-refractivity contribution in [3.63, 3.8) is 0 Å². The monoisotopic (exact) mass is 368 g/mol. The number of hydrogen-bond donors (Lipinski definition) is 0. The van der Waals surface area contributed by atoms with E-state index in [-0.39, 0.29) is 18.3 Å². The van der Waals surface area contributed by atoms with E-state index in [1.54, 1.807) is 4.90 Å². The molecule has 0 saturated carbocycles. The van der Waals surface area contributed by atoms with Crippen molar-refractivity contribution >= 4 is 15.9 Å². The summed E-state index contributed by atoms with van der Waals surface area (Å²) in [6.07, 6.45) is 1.53. The molecule has 0 atom stereocenters. The van der Waals surface area contributed by atoms with Crippen LogP contribution in [0.25, 0.3) is 0 Å². The molecule has 1 heterocycles. The van der Waals surface area contributed by atoms with E-state index in [2.05, 4.69) is 0 Å². The third-order valence-electron chi connectivity index (χ3n) is 4.58. The maximum Gasteiger partial charge on any atom is 0.260 e. The van der Waals surface area contributed by atoms with Gasteiger partial charge in [0.05, 0.1) is 5.75 Å². The quantitative estimate of drug-likeness (QED) is 0.738. The number of unbranched alkanes of at least 4 members (excludes halogenated alkanes) is 1. The van der Waals surface area contributed by atoms with E-state index in [0.29, 0.717) is 38.3 Å². The van der Waals surface area contributed by atoms with Crippen LogP contribution in [0.1, 0.15) is 30.9 Å². The number of rotatable bonds is 7. The maximum absolute atomic E-state index is 12.3. The lowest BCUT2D eigenvalue weighted by molar-refractivity contribution is -0.134. The molecule has 0 radical (unpaired) electrons. The van der Waals surface area contributed by atoms with E-state index < -0.39 is 10.0 Å². The summed E-state index contributed by atoms with van der Waals surface area (Å²) in [5.41, 5.74) is 2.30. The van der Waals surface area contributed by atoms with Crippen LogP contribution in [0, 0.1) is 13.8 Å². The first-order valence-corrected chi connectivity index (χ1v) is 10.4. The number of sulfonamides is 1. The van der Waals surface area contributed by atoms with Gasteiger partial charge in [-0.25, -0.2) is 8.42 Å².